The highest BCUT2D eigenvalue weighted by Gasteiger charge is 2.43. The van der Waals surface area contributed by atoms with Gasteiger partial charge in [0.1, 0.15) is 4.90 Å². The average Bonchev–Trinajstić information content (AvgIpc) is 3.25. The van der Waals surface area contributed by atoms with E-state index < -0.39 is 10.0 Å². The number of rotatable bonds is 6. The first-order valence-corrected chi connectivity index (χ1v) is 12.3. The lowest BCUT2D eigenvalue weighted by Gasteiger charge is -2.47. The molecule has 1 atom stereocenters. The second kappa shape index (κ2) is 8.78. The lowest BCUT2D eigenvalue weighted by atomic mass is 9.82. The number of ether oxygens (including phenoxy) is 1. The third-order valence-corrected chi connectivity index (χ3v) is 8.42. The zero-order valence-electron chi connectivity index (χ0n) is 17.9. The van der Waals surface area contributed by atoms with E-state index in [4.69, 9.17) is 4.74 Å². The van der Waals surface area contributed by atoms with Crippen LogP contribution in [0.25, 0.3) is 0 Å². The Morgan fingerprint density at radius 2 is 1.97 bits per heavy atom. The molecule has 8 heteroatoms. The van der Waals surface area contributed by atoms with Crippen molar-refractivity contribution in [3.05, 3.63) is 48.3 Å². The van der Waals surface area contributed by atoms with Gasteiger partial charge in [-0.25, -0.2) is 8.42 Å². The third kappa shape index (κ3) is 4.46. The molecule has 1 unspecified atom stereocenters. The molecule has 1 aromatic carbocycles. The highest BCUT2D eigenvalue weighted by molar-refractivity contribution is 7.89. The normalized spacial score (nSPS) is 22.6. The van der Waals surface area contributed by atoms with E-state index in [0.29, 0.717) is 25.7 Å². The van der Waals surface area contributed by atoms with E-state index >= 15 is 0 Å². The number of aromatic nitrogens is 2. The molecule has 2 saturated heterocycles. The molecule has 164 valence electrons. The highest BCUT2D eigenvalue weighted by Crippen LogP contribution is 2.38. The number of aryl methyl sites for hydroxylation is 1. The molecule has 0 saturated carbocycles. The molecule has 7 nitrogen and oxygen atoms in total. The summed E-state index contributed by atoms with van der Waals surface area (Å²) in [6, 6.07) is 11.0. The Morgan fingerprint density at radius 1 is 1.23 bits per heavy atom. The molecule has 0 amide bonds. The van der Waals surface area contributed by atoms with E-state index in [-0.39, 0.29) is 10.5 Å². The molecular weight excluding hydrogens is 400 g/mol. The zero-order valence-corrected chi connectivity index (χ0v) is 18.7. The van der Waals surface area contributed by atoms with Crippen molar-refractivity contribution in [2.45, 2.75) is 62.2 Å². The van der Waals surface area contributed by atoms with Gasteiger partial charge in [0, 0.05) is 45.0 Å². The summed E-state index contributed by atoms with van der Waals surface area (Å²) in [7, 11) is -1.31. The Bertz CT molecular complexity index is 936. The number of nitrogens with zero attached hydrogens (tertiary/aromatic N) is 4. The molecule has 0 N–H and O–H groups in total. The first-order valence-electron chi connectivity index (χ1n) is 10.8. The highest BCUT2D eigenvalue weighted by atomic mass is 32.2. The van der Waals surface area contributed by atoms with Gasteiger partial charge in [-0.3, -0.25) is 9.58 Å². The van der Waals surface area contributed by atoms with Gasteiger partial charge in [0.2, 0.25) is 10.0 Å². The summed E-state index contributed by atoms with van der Waals surface area (Å²) in [5.41, 5.74) is 1.10. The van der Waals surface area contributed by atoms with Crippen molar-refractivity contribution < 1.29 is 13.2 Å². The topological polar surface area (TPSA) is 67.7 Å². The van der Waals surface area contributed by atoms with Gasteiger partial charge in [0.05, 0.1) is 11.8 Å². The molecule has 30 heavy (non-hydrogen) atoms. The number of sulfonamides is 1. The lowest BCUT2D eigenvalue weighted by molar-refractivity contribution is -0.125. The quantitative estimate of drug-likeness (QED) is 0.702. The molecule has 4 rings (SSSR count). The molecule has 2 aliphatic heterocycles. The van der Waals surface area contributed by atoms with Crippen LogP contribution in [0, 0.1) is 0 Å². The van der Waals surface area contributed by atoms with Crippen LogP contribution < -0.4 is 0 Å². The molecule has 2 aliphatic rings. The summed E-state index contributed by atoms with van der Waals surface area (Å²) in [6.45, 7) is 5.25. The van der Waals surface area contributed by atoms with Gasteiger partial charge in [-0.2, -0.15) is 9.40 Å². The molecule has 2 fully saturated rings. The fraction of sp³-hybridized carbons (Fsp3) is 0.591. The Hall–Kier alpha value is -1.74. The smallest absolute Gasteiger partial charge is 0.246 e. The zero-order chi connectivity index (χ0) is 21.2. The van der Waals surface area contributed by atoms with Crippen LogP contribution in [0.3, 0.4) is 0 Å². The SMILES string of the molecule is CCn1cc(S(=O)(=O)N2CCC3(CC2)CC(N(C)Cc2ccccc2)CCO3)cn1. The van der Waals surface area contributed by atoms with Crippen LogP contribution >= 0.6 is 0 Å². The summed E-state index contributed by atoms with van der Waals surface area (Å²) in [5.74, 6) is 0. The molecule has 3 heterocycles. The second-order valence-corrected chi connectivity index (χ2v) is 10.5. The van der Waals surface area contributed by atoms with Gasteiger partial charge in [-0.15, -0.1) is 0 Å². The summed E-state index contributed by atoms with van der Waals surface area (Å²) >= 11 is 0. The maximum Gasteiger partial charge on any atom is 0.246 e. The van der Waals surface area contributed by atoms with Crippen LogP contribution in [-0.2, 0) is 27.8 Å². The van der Waals surface area contributed by atoms with Crippen LogP contribution in [0.4, 0.5) is 0 Å². The monoisotopic (exact) mass is 432 g/mol. The Kier molecular flexibility index (Phi) is 6.29. The van der Waals surface area contributed by atoms with Crippen molar-refractivity contribution in [1.82, 2.24) is 19.0 Å². The average molecular weight is 433 g/mol. The molecule has 1 spiro atoms. The van der Waals surface area contributed by atoms with Crippen LogP contribution in [0.1, 0.15) is 38.2 Å². The Labute approximate surface area is 179 Å². The van der Waals surface area contributed by atoms with Crippen LogP contribution in [-0.4, -0.2) is 65.8 Å². The number of benzene rings is 1. The van der Waals surface area contributed by atoms with Gasteiger partial charge >= 0.3 is 0 Å². The van der Waals surface area contributed by atoms with Crippen molar-refractivity contribution >= 4 is 10.0 Å². The Balaban J connectivity index is 1.38. The van der Waals surface area contributed by atoms with Gasteiger partial charge in [0.25, 0.3) is 0 Å². The maximum atomic E-state index is 13.0. The second-order valence-electron chi connectivity index (χ2n) is 8.51. The number of hydrogen-bond donors (Lipinski definition) is 0. The fourth-order valence-corrected chi connectivity index (χ4v) is 6.06. The first-order chi connectivity index (χ1) is 14.4. The summed E-state index contributed by atoms with van der Waals surface area (Å²) < 4.78 is 35.5. The van der Waals surface area contributed by atoms with Crippen molar-refractivity contribution in [1.29, 1.82) is 0 Å². The van der Waals surface area contributed by atoms with E-state index in [9.17, 15) is 8.42 Å². The van der Waals surface area contributed by atoms with Crippen LogP contribution in [0.15, 0.2) is 47.6 Å². The van der Waals surface area contributed by atoms with Gasteiger partial charge in [-0.05, 0) is 45.2 Å². The van der Waals surface area contributed by atoms with E-state index in [1.165, 1.54) is 11.8 Å². The predicted molar refractivity (Wildman–Crippen MR) is 116 cm³/mol. The van der Waals surface area contributed by atoms with Gasteiger partial charge < -0.3 is 4.74 Å². The largest absolute Gasteiger partial charge is 0.375 e. The maximum absolute atomic E-state index is 13.0. The van der Waals surface area contributed by atoms with Gasteiger partial charge in [-0.1, -0.05) is 30.3 Å². The first kappa shape index (κ1) is 21.5. The minimum absolute atomic E-state index is 0.215. The van der Waals surface area contributed by atoms with Crippen molar-refractivity contribution in [3.8, 4) is 0 Å². The predicted octanol–water partition coefficient (Wildman–Crippen LogP) is 2.74. The molecule has 0 radical (unpaired) electrons. The van der Waals surface area contributed by atoms with E-state index in [2.05, 4.69) is 41.3 Å². The fourth-order valence-electron chi connectivity index (χ4n) is 4.66. The van der Waals surface area contributed by atoms with Gasteiger partial charge in [0.15, 0.2) is 0 Å². The summed E-state index contributed by atoms with van der Waals surface area (Å²) in [6.07, 6.45) is 6.52. The van der Waals surface area contributed by atoms with E-state index in [1.807, 2.05) is 13.0 Å². The lowest BCUT2D eigenvalue weighted by Crippen LogP contribution is -2.53. The summed E-state index contributed by atoms with van der Waals surface area (Å²) in [4.78, 5) is 2.70. The minimum Gasteiger partial charge on any atom is -0.375 e. The third-order valence-electron chi connectivity index (χ3n) is 6.57. The molecular formula is C22H32N4O3S. The molecule has 0 aliphatic carbocycles. The van der Waals surface area contributed by atoms with E-state index in [0.717, 1.165) is 38.8 Å². The van der Waals surface area contributed by atoms with Crippen molar-refractivity contribution in [2.75, 3.05) is 26.7 Å². The number of piperidine rings is 1. The van der Waals surface area contributed by atoms with E-state index in [1.54, 1.807) is 15.2 Å². The standard InChI is InChI=1S/C22H32N4O3S/c1-3-25-18-21(16-23-25)30(27,28)26-12-10-22(11-13-26)15-20(9-14-29-22)24(2)17-19-7-5-4-6-8-19/h4-8,16,18,20H,3,9-15,17H2,1-2H3. The molecule has 2 aromatic rings. The number of hydrogen-bond acceptors (Lipinski definition) is 5. The minimum atomic E-state index is -3.49. The van der Waals surface area contributed by atoms with Crippen LogP contribution in [0.5, 0.6) is 0 Å². The Morgan fingerprint density at radius 3 is 2.63 bits per heavy atom. The van der Waals surface area contributed by atoms with Crippen LogP contribution in [0.2, 0.25) is 0 Å². The molecule has 1 aromatic heterocycles. The molecule has 0 bridgehead atoms. The van der Waals surface area contributed by atoms with Crippen molar-refractivity contribution in [3.63, 3.8) is 0 Å². The van der Waals surface area contributed by atoms with Crippen molar-refractivity contribution in [2.24, 2.45) is 0 Å². The summed E-state index contributed by atoms with van der Waals surface area (Å²) in [5, 5.41) is 4.12.